The molecule has 0 spiro atoms. The van der Waals surface area contributed by atoms with Gasteiger partial charge in [0.1, 0.15) is 0 Å². The second-order valence-corrected chi connectivity index (χ2v) is 5.48. The van der Waals surface area contributed by atoms with Crippen molar-refractivity contribution in [2.45, 2.75) is 19.9 Å². The number of nitrogens with one attached hydrogen (secondary N) is 1. The minimum atomic E-state index is -0.359. The maximum absolute atomic E-state index is 11.4. The first kappa shape index (κ1) is 16.7. The van der Waals surface area contributed by atoms with Crippen LogP contribution in [0.3, 0.4) is 0 Å². The first-order valence-corrected chi connectivity index (χ1v) is 8.03. The molecule has 0 aliphatic heterocycles. The third-order valence-corrected chi connectivity index (χ3v) is 3.84. The number of hydrogen-bond donors (Lipinski definition) is 1. The Kier molecular flexibility index (Phi) is 5.09. The molecular weight excluding hydrogens is 318 g/mol. The van der Waals surface area contributed by atoms with Crippen LogP contribution in [-0.4, -0.2) is 23.2 Å². The summed E-state index contributed by atoms with van der Waals surface area (Å²) in [5.74, 6) is 0.703. The molecule has 6 heteroatoms. The number of aromatic nitrogens is 2. The molecule has 1 heterocycles. The first-order valence-electron chi connectivity index (χ1n) is 8.03. The number of nitrogens with zero attached hydrogens (tertiary/aromatic N) is 2. The van der Waals surface area contributed by atoms with E-state index < -0.39 is 0 Å². The Balaban J connectivity index is 1.62. The van der Waals surface area contributed by atoms with Crippen LogP contribution in [0.4, 0.5) is 5.69 Å². The molecule has 0 radical (unpaired) electrons. The Hall–Kier alpha value is -3.15. The molecule has 0 saturated heterocycles. The number of hydrogen-bond acceptors (Lipinski definition) is 6. The van der Waals surface area contributed by atoms with Gasteiger partial charge in [0.15, 0.2) is 0 Å². The van der Waals surface area contributed by atoms with Gasteiger partial charge in [0.25, 0.3) is 0 Å². The average molecular weight is 337 g/mol. The molecule has 1 N–H and O–H groups in total. The monoisotopic (exact) mass is 337 g/mol. The Bertz CT molecular complexity index is 839. The van der Waals surface area contributed by atoms with E-state index in [-0.39, 0.29) is 5.97 Å². The molecule has 3 aromatic rings. The second-order valence-electron chi connectivity index (χ2n) is 5.48. The normalized spacial score (nSPS) is 10.5. The first-order chi connectivity index (χ1) is 12.2. The summed E-state index contributed by atoms with van der Waals surface area (Å²) in [6.07, 6.45) is 0.996. The zero-order valence-corrected chi connectivity index (χ0v) is 14.2. The minimum Gasteiger partial charge on any atom is -0.465 e. The third-order valence-electron chi connectivity index (χ3n) is 3.84. The highest BCUT2D eigenvalue weighted by atomic mass is 16.5. The third kappa shape index (κ3) is 4.03. The van der Waals surface area contributed by atoms with Gasteiger partial charge < -0.3 is 14.6 Å². The molecule has 1 aromatic heterocycles. The van der Waals surface area contributed by atoms with Crippen molar-refractivity contribution in [1.29, 1.82) is 0 Å². The summed E-state index contributed by atoms with van der Waals surface area (Å²) in [6, 6.07) is 15.1. The van der Waals surface area contributed by atoms with Crippen molar-refractivity contribution >= 4 is 11.7 Å². The summed E-state index contributed by atoms with van der Waals surface area (Å²) in [5.41, 5.74) is 3.54. The molecular formula is C19H19N3O3. The van der Waals surface area contributed by atoms with E-state index in [4.69, 9.17) is 4.52 Å². The number of methoxy groups -OCH3 is 1. The highest BCUT2D eigenvalue weighted by Gasteiger charge is 2.09. The fraction of sp³-hybridized carbons (Fsp3) is 0.211. The summed E-state index contributed by atoms with van der Waals surface area (Å²) >= 11 is 0. The molecule has 0 atom stereocenters. The summed E-state index contributed by atoms with van der Waals surface area (Å²) in [4.78, 5) is 15.8. The summed E-state index contributed by atoms with van der Waals surface area (Å²) < 4.78 is 9.95. The van der Waals surface area contributed by atoms with E-state index in [1.54, 1.807) is 24.3 Å². The van der Waals surface area contributed by atoms with Crippen molar-refractivity contribution in [3.63, 3.8) is 0 Å². The summed E-state index contributed by atoms with van der Waals surface area (Å²) in [6.45, 7) is 2.52. The van der Waals surface area contributed by atoms with Crippen LogP contribution in [0.15, 0.2) is 53.1 Å². The fourth-order valence-electron chi connectivity index (χ4n) is 2.35. The average Bonchev–Trinajstić information content (AvgIpc) is 3.15. The Morgan fingerprint density at radius 3 is 2.48 bits per heavy atom. The van der Waals surface area contributed by atoms with E-state index in [9.17, 15) is 4.79 Å². The summed E-state index contributed by atoms with van der Waals surface area (Å²) in [7, 11) is 1.36. The number of esters is 1. The zero-order chi connectivity index (χ0) is 17.6. The number of anilines is 1. The number of carbonyl (C=O) groups is 1. The van der Waals surface area contributed by atoms with Gasteiger partial charge in [-0.15, -0.1) is 0 Å². The van der Waals surface area contributed by atoms with E-state index in [0.29, 0.717) is 23.8 Å². The van der Waals surface area contributed by atoms with Crippen molar-refractivity contribution in [2.75, 3.05) is 12.4 Å². The van der Waals surface area contributed by atoms with Crippen LogP contribution in [0.5, 0.6) is 0 Å². The maximum Gasteiger partial charge on any atom is 0.337 e. The quantitative estimate of drug-likeness (QED) is 0.691. The van der Waals surface area contributed by atoms with Crippen LogP contribution in [0.1, 0.15) is 28.7 Å². The number of rotatable bonds is 6. The molecule has 0 unspecified atom stereocenters. The molecule has 128 valence electrons. The molecule has 3 rings (SSSR count). The van der Waals surface area contributed by atoms with Crippen LogP contribution < -0.4 is 5.32 Å². The lowest BCUT2D eigenvalue weighted by Gasteiger charge is -2.04. The van der Waals surface area contributed by atoms with E-state index in [1.165, 1.54) is 12.7 Å². The van der Waals surface area contributed by atoms with Gasteiger partial charge in [-0.1, -0.05) is 36.3 Å². The van der Waals surface area contributed by atoms with Gasteiger partial charge in [-0.3, -0.25) is 0 Å². The Morgan fingerprint density at radius 1 is 1.12 bits per heavy atom. The standard InChI is InChI=1S/C19H19N3O3/c1-3-13-4-6-14(7-5-13)18-21-17(25-22-18)12-20-16-10-8-15(9-11-16)19(23)24-2/h4-11,20H,3,12H2,1-2H3. The second kappa shape index (κ2) is 7.61. The van der Waals surface area contributed by atoms with Crippen molar-refractivity contribution < 1.29 is 14.1 Å². The van der Waals surface area contributed by atoms with Crippen LogP contribution in [0.25, 0.3) is 11.4 Å². The van der Waals surface area contributed by atoms with Crippen LogP contribution in [-0.2, 0) is 17.7 Å². The molecule has 6 nitrogen and oxygen atoms in total. The largest absolute Gasteiger partial charge is 0.465 e. The van der Waals surface area contributed by atoms with Gasteiger partial charge in [-0.2, -0.15) is 4.98 Å². The molecule has 0 saturated carbocycles. The van der Waals surface area contributed by atoms with Gasteiger partial charge >= 0.3 is 5.97 Å². The Labute approximate surface area is 145 Å². The molecule has 0 amide bonds. The molecule has 25 heavy (non-hydrogen) atoms. The molecule has 0 aliphatic rings. The number of ether oxygens (including phenoxy) is 1. The SMILES string of the molecule is CCc1ccc(-c2noc(CNc3ccc(C(=O)OC)cc3)n2)cc1. The zero-order valence-electron chi connectivity index (χ0n) is 14.2. The van der Waals surface area contributed by atoms with E-state index >= 15 is 0 Å². The molecule has 0 fully saturated rings. The van der Waals surface area contributed by atoms with E-state index in [1.807, 2.05) is 12.1 Å². The summed E-state index contributed by atoms with van der Waals surface area (Å²) in [5, 5.41) is 7.20. The Morgan fingerprint density at radius 2 is 1.84 bits per heavy atom. The predicted molar refractivity (Wildman–Crippen MR) is 94.2 cm³/mol. The van der Waals surface area contributed by atoms with Gasteiger partial charge in [-0.25, -0.2) is 4.79 Å². The van der Waals surface area contributed by atoms with Crippen LogP contribution in [0, 0.1) is 0 Å². The fourth-order valence-corrected chi connectivity index (χ4v) is 2.35. The van der Waals surface area contributed by atoms with Crippen LogP contribution >= 0.6 is 0 Å². The number of benzene rings is 2. The van der Waals surface area contributed by atoms with Crippen molar-refractivity contribution in [2.24, 2.45) is 0 Å². The number of aryl methyl sites for hydroxylation is 1. The van der Waals surface area contributed by atoms with E-state index in [0.717, 1.165) is 17.7 Å². The van der Waals surface area contributed by atoms with Crippen molar-refractivity contribution in [1.82, 2.24) is 10.1 Å². The lowest BCUT2D eigenvalue weighted by atomic mass is 10.1. The molecule has 0 aliphatic carbocycles. The van der Waals surface area contributed by atoms with Gasteiger partial charge in [0.2, 0.25) is 11.7 Å². The van der Waals surface area contributed by atoms with Crippen molar-refractivity contribution in [3.8, 4) is 11.4 Å². The predicted octanol–water partition coefficient (Wildman–Crippen LogP) is 3.70. The molecule has 0 bridgehead atoms. The highest BCUT2D eigenvalue weighted by molar-refractivity contribution is 5.89. The lowest BCUT2D eigenvalue weighted by molar-refractivity contribution is 0.0601. The number of carbonyl (C=O) groups excluding carboxylic acids is 1. The topological polar surface area (TPSA) is 77.2 Å². The maximum atomic E-state index is 11.4. The molecule has 2 aromatic carbocycles. The van der Waals surface area contributed by atoms with Crippen molar-refractivity contribution in [3.05, 3.63) is 65.5 Å². The lowest BCUT2D eigenvalue weighted by Crippen LogP contribution is -2.03. The smallest absolute Gasteiger partial charge is 0.337 e. The van der Waals surface area contributed by atoms with Gasteiger partial charge in [0.05, 0.1) is 19.2 Å². The van der Waals surface area contributed by atoms with E-state index in [2.05, 4.69) is 39.3 Å². The van der Waals surface area contributed by atoms with Gasteiger partial charge in [-0.05, 0) is 36.2 Å². The minimum absolute atomic E-state index is 0.359. The van der Waals surface area contributed by atoms with Gasteiger partial charge in [0, 0.05) is 11.3 Å². The van der Waals surface area contributed by atoms with Crippen LogP contribution in [0.2, 0.25) is 0 Å². The highest BCUT2D eigenvalue weighted by Crippen LogP contribution is 2.18.